The van der Waals surface area contributed by atoms with Crippen molar-refractivity contribution >= 4 is 40.1 Å². The van der Waals surface area contributed by atoms with Crippen LogP contribution in [-0.2, 0) is 17.1 Å². The fraction of sp³-hybridized carbons (Fsp3) is 0.0952. The summed E-state index contributed by atoms with van der Waals surface area (Å²) < 4.78 is 6.71. The number of nitrogens with zero attached hydrogens (tertiary/aromatic N) is 3. The lowest BCUT2D eigenvalue weighted by molar-refractivity contribution is -0.385. The number of anilines is 1. The van der Waals surface area contributed by atoms with E-state index in [1.165, 1.54) is 11.8 Å². The van der Waals surface area contributed by atoms with Crippen molar-refractivity contribution in [3.8, 4) is 0 Å². The molecule has 0 radical (unpaired) electrons. The Bertz CT molecular complexity index is 1320. The number of hydrogen-bond donors (Lipinski definition) is 1. The second-order valence-corrected chi connectivity index (χ2v) is 7.52. The first-order valence-corrected chi connectivity index (χ1v) is 10.2. The Labute approximate surface area is 179 Å². The van der Waals surface area contributed by atoms with Gasteiger partial charge in [0.15, 0.2) is 5.58 Å². The van der Waals surface area contributed by atoms with Gasteiger partial charge in [0.25, 0.3) is 16.5 Å². The number of amides is 1. The van der Waals surface area contributed by atoms with E-state index < -0.39 is 16.4 Å². The van der Waals surface area contributed by atoms with Crippen LogP contribution < -0.4 is 10.9 Å². The molecule has 0 saturated carbocycles. The molecule has 4 rings (SSSR count). The van der Waals surface area contributed by atoms with Crippen molar-refractivity contribution in [2.75, 3.05) is 5.32 Å². The molecule has 0 atom stereocenters. The first kappa shape index (κ1) is 20.4. The normalized spacial score (nSPS) is 10.8. The third kappa shape index (κ3) is 4.98. The number of pyridine rings is 1. The van der Waals surface area contributed by atoms with Gasteiger partial charge in [-0.3, -0.25) is 24.3 Å². The summed E-state index contributed by atoms with van der Waals surface area (Å²) in [7, 11) is 0. The van der Waals surface area contributed by atoms with Crippen LogP contribution in [0.4, 0.5) is 11.4 Å². The van der Waals surface area contributed by atoms with Crippen LogP contribution in [0.5, 0.6) is 0 Å². The lowest BCUT2D eigenvalue weighted by atomic mass is 10.2. The molecule has 0 unspecified atom stereocenters. The number of nitrogens with one attached hydrogen (secondary N) is 1. The summed E-state index contributed by atoms with van der Waals surface area (Å²) in [6.45, 7) is -0.352. The SMILES string of the molecule is O=C(Cn1cc([N+](=O)[O-])ccc1=O)Nc1ccc2oc(SCc3ccccc3)nc2c1. The van der Waals surface area contributed by atoms with Crippen molar-refractivity contribution in [2.24, 2.45) is 0 Å². The molecule has 2 heterocycles. The molecule has 0 bridgehead atoms. The van der Waals surface area contributed by atoms with Crippen LogP contribution in [0.25, 0.3) is 11.1 Å². The van der Waals surface area contributed by atoms with Gasteiger partial charge in [-0.05, 0) is 23.8 Å². The van der Waals surface area contributed by atoms with Gasteiger partial charge in [-0.1, -0.05) is 42.1 Å². The highest BCUT2D eigenvalue weighted by Gasteiger charge is 2.12. The number of nitro groups is 1. The van der Waals surface area contributed by atoms with Gasteiger partial charge in [-0.15, -0.1) is 0 Å². The van der Waals surface area contributed by atoms with Gasteiger partial charge in [-0.2, -0.15) is 0 Å². The smallest absolute Gasteiger partial charge is 0.285 e. The zero-order chi connectivity index (χ0) is 21.8. The Hall–Kier alpha value is -3.92. The summed E-state index contributed by atoms with van der Waals surface area (Å²) in [6, 6.07) is 17.1. The van der Waals surface area contributed by atoms with Gasteiger partial charge in [0.05, 0.1) is 11.1 Å². The van der Waals surface area contributed by atoms with Crippen LogP contribution >= 0.6 is 11.8 Å². The van der Waals surface area contributed by atoms with Crippen molar-refractivity contribution in [1.29, 1.82) is 0 Å². The van der Waals surface area contributed by atoms with E-state index in [9.17, 15) is 19.7 Å². The number of rotatable bonds is 7. The molecule has 0 saturated heterocycles. The van der Waals surface area contributed by atoms with Crippen LogP contribution in [0.2, 0.25) is 0 Å². The van der Waals surface area contributed by atoms with E-state index in [2.05, 4.69) is 10.3 Å². The minimum atomic E-state index is -0.625. The molecule has 9 nitrogen and oxygen atoms in total. The number of oxazole rings is 1. The minimum Gasteiger partial charge on any atom is -0.431 e. The van der Waals surface area contributed by atoms with Crippen LogP contribution in [-0.4, -0.2) is 20.4 Å². The van der Waals surface area contributed by atoms with E-state index in [-0.39, 0.29) is 12.2 Å². The molecular weight excluding hydrogens is 420 g/mol. The highest BCUT2D eigenvalue weighted by Crippen LogP contribution is 2.27. The fourth-order valence-corrected chi connectivity index (χ4v) is 3.66. The third-order valence-corrected chi connectivity index (χ3v) is 5.25. The second kappa shape index (κ2) is 8.84. The Morgan fingerprint density at radius 2 is 1.97 bits per heavy atom. The molecule has 0 spiro atoms. The summed E-state index contributed by atoms with van der Waals surface area (Å²) in [6.07, 6.45) is 1.04. The maximum atomic E-state index is 12.3. The summed E-state index contributed by atoms with van der Waals surface area (Å²) in [5.74, 6) is 0.221. The lowest BCUT2D eigenvalue weighted by Gasteiger charge is -2.07. The summed E-state index contributed by atoms with van der Waals surface area (Å²) in [4.78, 5) is 38.9. The van der Waals surface area contributed by atoms with Crippen LogP contribution in [0.1, 0.15) is 5.56 Å². The zero-order valence-electron chi connectivity index (χ0n) is 16.1. The molecule has 0 fully saturated rings. The van der Waals surface area contributed by atoms with Crippen LogP contribution in [0, 0.1) is 10.1 Å². The quantitative estimate of drug-likeness (QED) is 0.265. The molecule has 156 valence electrons. The fourth-order valence-electron chi connectivity index (χ4n) is 2.87. The van der Waals surface area contributed by atoms with Gasteiger partial charge >= 0.3 is 0 Å². The molecule has 0 aliphatic heterocycles. The van der Waals surface area contributed by atoms with Crippen molar-refractivity contribution in [3.63, 3.8) is 0 Å². The monoisotopic (exact) mass is 436 g/mol. The molecule has 1 amide bonds. The largest absolute Gasteiger partial charge is 0.431 e. The van der Waals surface area contributed by atoms with E-state index in [0.29, 0.717) is 22.0 Å². The van der Waals surface area contributed by atoms with E-state index in [0.717, 1.165) is 34.2 Å². The molecule has 2 aromatic carbocycles. The number of carbonyl (C=O) groups is 1. The van der Waals surface area contributed by atoms with Gasteiger partial charge in [0, 0.05) is 23.6 Å². The van der Waals surface area contributed by atoms with Crippen molar-refractivity contribution in [2.45, 2.75) is 17.5 Å². The van der Waals surface area contributed by atoms with Crippen molar-refractivity contribution in [3.05, 3.63) is 92.9 Å². The van der Waals surface area contributed by atoms with Crippen molar-refractivity contribution < 1.29 is 14.1 Å². The molecule has 4 aromatic rings. The summed E-state index contributed by atoms with van der Waals surface area (Å²) in [5.41, 5.74) is 2.03. The summed E-state index contributed by atoms with van der Waals surface area (Å²) in [5, 5.41) is 14.1. The average molecular weight is 436 g/mol. The van der Waals surface area contributed by atoms with Crippen LogP contribution in [0.3, 0.4) is 0 Å². The Kier molecular flexibility index (Phi) is 5.80. The number of hydrogen-bond acceptors (Lipinski definition) is 7. The number of thioether (sulfide) groups is 1. The molecular formula is C21H16N4O5S. The number of carbonyl (C=O) groups excluding carboxylic acids is 1. The number of benzene rings is 2. The molecule has 1 N–H and O–H groups in total. The first-order chi connectivity index (χ1) is 15.0. The molecule has 0 aliphatic carbocycles. The van der Waals surface area contributed by atoms with Gasteiger partial charge in [-0.25, -0.2) is 4.98 Å². The Morgan fingerprint density at radius 3 is 2.74 bits per heavy atom. The predicted octanol–water partition coefficient (Wildman–Crippen LogP) is 3.83. The molecule has 31 heavy (non-hydrogen) atoms. The van der Waals surface area contributed by atoms with Gasteiger partial charge in [0.2, 0.25) is 5.91 Å². The van der Waals surface area contributed by atoms with E-state index >= 15 is 0 Å². The molecule has 2 aromatic heterocycles. The minimum absolute atomic E-state index is 0.267. The third-order valence-electron chi connectivity index (χ3n) is 4.35. The highest BCUT2D eigenvalue weighted by atomic mass is 32.2. The topological polar surface area (TPSA) is 120 Å². The molecule has 0 aliphatic rings. The maximum absolute atomic E-state index is 12.3. The van der Waals surface area contributed by atoms with E-state index in [1.54, 1.807) is 18.2 Å². The lowest BCUT2D eigenvalue weighted by Crippen LogP contribution is -2.26. The summed E-state index contributed by atoms with van der Waals surface area (Å²) >= 11 is 1.47. The Balaban J connectivity index is 1.44. The number of fused-ring (bicyclic) bond motifs is 1. The highest BCUT2D eigenvalue weighted by molar-refractivity contribution is 7.98. The maximum Gasteiger partial charge on any atom is 0.285 e. The van der Waals surface area contributed by atoms with Gasteiger partial charge in [0.1, 0.15) is 12.1 Å². The Morgan fingerprint density at radius 1 is 1.16 bits per heavy atom. The second-order valence-electron chi connectivity index (χ2n) is 6.60. The molecule has 10 heteroatoms. The van der Waals surface area contributed by atoms with Gasteiger partial charge < -0.3 is 9.73 Å². The number of aromatic nitrogens is 2. The first-order valence-electron chi connectivity index (χ1n) is 9.20. The van der Waals surface area contributed by atoms with Crippen molar-refractivity contribution in [1.82, 2.24) is 9.55 Å². The van der Waals surface area contributed by atoms with Crippen LogP contribution in [0.15, 0.2) is 81.3 Å². The standard InChI is InChI=1S/C21H16N4O5S/c26-19(12-24-11-16(25(28)29)7-9-20(24)27)22-15-6-8-18-17(10-15)23-21(30-18)31-13-14-4-2-1-3-5-14/h1-11H,12-13H2,(H,22,26). The average Bonchev–Trinajstić information content (AvgIpc) is 3.16. The van der Waals surface area contributed by atoms with E-state index in [1.807, 2.05) is 30.3 Å². The van der Waals surface area contributed by atoms with E-state index in [4.69, 9.17) is 4.42 Å². The zero-order valence-corrected chi connectivity index (χ0v) is 16.9. The predicted molar refractivity (Wildman–Crippen MR) is 116 cm³/mol.